The van der Waals surface area contributed by atoms with Crippen LogP contribution in [0.15, 0.2) is 23.4 Å². The van der Waals surface area contributed by atoms with Crippen LogP contribution in [-0.4, -0.2) is 29.5 Å². The summed E-state index contributed by atoms with van der Waals surface area (Å²) in [5.41, 5.74) is 0.981. The SMILES string of the molecule is CC1=NOC(C)CC1CCCOc1cc(C(=O)O)ccc1F. The Kier molecular flexibility index (Phi) is 5.35. The van der Waals surface area contributed by atoms with Gasteiger partial charge < -0.3 is 14.7 Å². The Morgan fingerprint density at radius 2 is 2.32 bits per heavy atom. The Morgan fingerprint density at radius 1 is 1.55 bits per heavy atom. The molecule has 0 aliphatic carbocycles. The third-order valence-corrected chi connectivity index (χ3v) is 3.72. The first-order valence-corrected chi connectivity index (χ1v) is 7.33. The van der Waals surface area contributed by atoms with Crippen molar-refractivity contribution in [2.75, 3.05) is 6.61 Å². The molecular formula is C16H20FNO4. The van der Waals surface area contributed by atoms with Crippen molar-refractivity contribution in [3.63, 3.8) is 0 Å². The highest BCUT2D eigenvalue weighted by molar-refractivity contribution is 5.88. The summed E-state index contributed by atoms with van der Waals surface area (Å²) in [5, 5.41) is 12.9. The van der Waals surface area contributed by atoms with Gasteiger partial charge in [-0.1, -0.05) is 5.16 Å². The summed E-state index contributed by atoms with van der Waals surface area (Å²) in [6.07, 6.45) is 2.64. The molecule has 0 spiro atoms. The van der Waals surface area contributed by atoms with Crippen LogP contribution in [0, 0.1) is 11.7 Å². The molecule has 120 valence electrons. The number of benzene rings is 1. The van der Waals surface area contributed by atoms with Crippen LogP contribution in [0.2, 0.25) is 0 Å². The predicted molar refractivity (Wildman–Crippen MR) is 79.9 cm³/mol. The molecule has 1 aliphatic heterocycles. The van der Waals surface area contributed by atoms with Gasteiger partial charge in [0, 0.05) is 5.92 Å². The van der Waals surface area contributed by atoms with E-state index in [4.69, 9.17) is 14.7 Å². The van der Waals surface area contributed by atoms with E-state index in [0.717, 1.165) is 31.0 Å². The van der Waals surface area contributed by atoms with Crippen LogP contribution in [-0.2, 0) is 4.84 Å². The molecule has 1 heterocycles. The Hall–Kier alpha value is -2.11. The standard InChI is InChI=1S/C16H20FNO4/c1-10-8-12(11(2)18-22-10)4-3-7-21-15-9-13(16(19)20)5-6-14(15)17/h5-6,9-10,12H,3-4,7-8H2,1-2H3,(H,19,20). The van der Waals surface area contributed by atoms with Gasteiger partial charge in [0.15, 0.2) is 11.6 Å². The predicted octanol–water partition coefficient (Wildman–Crippen LogP) is 3.48. The number of nitrogens with zero attached hydrogens (tertiary/aromatic N) is 1. The molecule has 6 heteroatoms. The second-order valence-electron chi connectivity index (χ2n) is 5.52. The minimum absolute atomic E-state index is 0.0117. The quantitative estimate of drug-likeness (QED) is 0.817. The summed E-state index contributed by atoms with van der Waals surface area (Å²) in [4.78, 5) is 16.1. The lowest BCUT2D eigenvalue weighted by Gasteiger charge is -2.24. The maximum absolute atomic E-state index is 13.6. The van der Waals surface area contributed by atoms with Gasteiger partial charge in [0.25, 0.3) is 0 Å². The molecule has 0 saturated heterocycles. The van der Waals surface area contributed by atoms with Crippen molar-refractivity contribution >= 4 is 11.7 Å². The molecule has 2 unspecified atom stereocenters. The number of rotatable bonds is 6. The third kappa shape index (κ3) is 4.19. The molecule has 22 heavy (non-hydrogen) atoms. The van der Waals surface area contributed by atoms with E-state index in [1.165, 1.54) is 12.1 Å². The summed E-state index contributed by atoms with van der Waals surface area (Å²) in [5.74, 6) is -1.33. The molecular weight excluding hydrogens is 289 g/mol. The molecule has 1 aliphatic rings. The van der Waals surface area contributed by atoms with E-state index in [2.05, 4.69) is 5.16 Å². The number of halogens is 1. The van der Waals surface area contributed by atoms with Crippen LogP contribution < -0.4 is 4.74 Å². The van der Waals surface area contributed by atoms with Gasteiger partial charge in [0.2, 0.25) is 0 Å². The average molecular weight is 309 g/mol. The average Bonchev–Trinajstić information content (AvgIpc) is 2.48. The Morgan fingerprint density at radius 3 is 3.05 bits per heavy atom. The molecule has 0 radical (unpaired) electrons. The van der Waals surface area contributed by atoms with E-state index in [1.54, 1.807) is 0 Å². The Labute approximate surface area is 128 Å². The smallest absolute Gasteiger partial charge is 0.335 e. The largest absolute Gasteiger partial charge is 0.490 e. The van der Waals surface area contributed by atoms with E-state index in [0.29, 0.717) is 12.5 Å². The highest BCUT2D eigenvalue weighted by Crippen LogP contribution is 2.23. The van der Waals surface area contributed by atoms with Crippen molar-refractivity contribution < 1.29 is 23.9 Å². The summed E-state index contributed by atoms with van der Waals surface area (Å²) < 4.78 is 18.9. The van der Waals surface area contributed by atoms with Crippen molar-refractivity contribution in [2.45, 2.75) is 39.2 Å². The lowest BCUT2D eigenvalue weighted by atomic mass is 9.92. The van der Waals surface area contributed by atoms with E-state index >= 15 is 0 Å². The van der Waals surface area contributed by atoms with Crippen molar-refractivity contribution in [3.05, 3.63) is 29.6 Å². The highest BCUT2D eigenvalue weighted by Gasteiger charge is 2.21. The topological polar surface area (TPSA) is 68.1 Å². The zero-order valence-electron chi connectivity index (χ0n) is 12.7. The van der Waals surface area contributed by atoms with E-state index in [9.17, 15) is 9.18 Å². The minimum Gasteiger partial charge on any atom is -0.490 e. The molecule has 0 fully saturated rings. The first kappa shape index (κ1) is 16.3. The molecule has 2 rings (SSSR count). The third-order valence-electron chi connectivity index (χ3n) is 3.72. The fraction of sp³-hybridized carbons (Fsp3) is 0.500. The maximum Gasteiger partial charge on any atom is 0.335 e. The molecule has 0 bridgehead atoms. The molecule has 1 N–H and O–H groups in total. The van der Waals surface area contributed by atoms with E-state index in [-0.39, 0.29) is 17.4 Å². The van der Waals surface area contributed by atoms with Gasteiger partial charge in [0.1, 0.15) is 6.10 Å². The number of hydrogen-bond acceptors (Lipinski definition) is 4. The van der Waals surface area contributed by atoms with Crippen LogP contribution in [0.25, 0.3) is 0 Å². The lowest BCUT2D eigenvalue weighted by Crippen LogP contribution is -2.24. The molecule has 5 nitrogen and oxygen atoms in total. The minimum atomic E-state index is -1.10. The van der Waals surface area contributed by atoms with Crippen molar-refractivity contribution in [1.82, 2.24) is 0 Å². The Bertz CT molecular complexity index is 573. The van der Waals surface area contributed by atoms with Gasteiger partial charge in [-0.25, -0.2) is 9.18 Å². The molecule has 1 aromatic carbocycles. The number of ether oxygens (including phenoxy) is 1. The van der Waals surface area contributed by atoms with Gasteiger partial charge in [-0.2, -0.15) is 0 Å². The van der Waals surface area contributed by atoms with Crippen LogP contribution >= 0.6 is 0 Å². The van der Waals surface area contributed by atoms with Crippen LogP contribution in [0.5, 0.6) is 5.75 Å². The number of aromatic carboxylic acids is 1. The lowest BCUT2D eigenvalue weighted by molar-refractivity contribution is 0.0427. The van der Waals surface area contributed by atoms with Gasteiger partial charge in [-0.15, -0.1) is 0 Å². The zero-order valence-corrected chi connectivity index (χ0v) is 12.7. The maximum atomic E-state index is 13.6. The first-order chi connectivity index (χ1) is 10.5. The number of carbonyl (C=O) groups is 1. The van der Waals surface area contributed by atoms with Crippen LogP contribution in [0.4, 0.5) is 4.39 Å². The summed E-state index contributed by atoms with van der Waals surface area (Å²) in [6.45, 7) is 4.25. The fourth-order valence-corrected chi connectivity index (χ4v) is 2.45. The van der Waals surface area contributed by atoms with Gasteiger partial charge in [-0.05, 0) is 51.3 Å². The molecule has 1 aromatic rings. The number of carboxylic acids is 1. The van der Waals surface area contributed by atoms with Crippen molar-refractivity contribution in [1.29, 1.82) is 0 Å². The Balaban J connectivity index is 1.84. The second kappa shape index (κ2) is 7.24. The number of oxime groups is 1. The molecule has 0 amide bonds. The molecule has 0 saturated carbocycles. The van der Waals surface area contributed by atoms with Crippen LogP contribution in [0.3, 0.4) is 0 Å². The fourth-order valence-electron chi connectivity index (χ4n) is 2.45. The zero-order chi connectivity index (χ0) is 16.1. The van der Waals surface area contributed by atoms with Crippen molar-refractivity contribution in [3.8, 4) is 5.75 Å². The summed E-state index contributed by atoms with van der Waals surface area (Å²) in [7, 11) is 0. The number of hydrogen-bond donors (Lipinski definition) is 1. The monoisotopic (exact) mass is 309 g/mol. The van der Waals surface area contributed by atoms with Crippen molar-refractivity contribution in [2.24, 2.45) is 11.1 Å². The van der Waals surface area contributed by atoms with Gasteiger partial charge >= 0.3 is 5.97 Å². The number of carboxylic acid groups (broad SMARTS) is 1. The van der Waals surface area contributed by atoms with E-state index in [1.807, 2.05) is 13.8 Å². The first-order valence-electron chi connectivity index (χ1n) is 7.33. The molecule has 2 atom stereocenters. The highest BCUT2D eigenvalue weighted by atomic mass is 19.1. The summed E-state index contributed by atoms with van der Waals surface area (Å²) >= 11 is 0. The second-order valence-corrected chi connectivity index (χ2v) is 5.52. The molecule has 0 aromatic heterocycles. The van der Waals surface area contributed by atoms with Gasteiger partial charge in [-0.3, -0.25) is 0 Å². The van der Waals surface area contributed by atoms with E-state index < -0.39 is 11.8 Å². The summed E-state index contributed by atoms with van der Waals surface area (Å²) in [6, 6.07) is 3.53. The van der Waals surface area contributed by atoms with Crippen LogP contribution in [0.1, 0.15) is 43.5 Å². The van der Waals surface area contributed by atoms with Gasteiger partial charge in [0.05, 0.1) is 17.9 Å². The normalized spacial score (nSPS) is 21.0.